The highest BCUT2D eigenvalue weighted by Crippen LogP contribution is 2.23. The quantitative estimate of drug-likeness (QED) is 0.664. The number of thiocarbonyl (C=S) groups is 1. The number of carbonyl (C=O) groups excluding carboxylic acids is 2. The minimum atomic E-state index is 0.00700. The van der Waals surface area contributed by atoms with Gasteiger partial charge in [0.15, 0.2) is 10.9 Å². The highest BCUT2D eigenvalue weighted by molar-refractivity contribution is 7.80. The van der Waals surface area contributed by atoms with Crippen LogP contribution in [0.3, 0.4) is 0 Å². The van der Waals surface area contributed by atoms with Crippen molar-refractivity contribution in [1.82, 2.24) is 5.32 Å². The second-order valence-electron chi connectivity index (χ2n) is 5.41. The van der Waals surface area contributed by atoms with Crippen LogP contribution in [-0.4, -0.2) is 16.8 Å². The van der Waals surface area contributed by atoms with E-state index in [1.165, 1.54) is 13.3 Å². The fourth-order valence-corrected chi connectivity index (χ4v) is 2.75. The Morgan fingerprint density at radius 3 is 2.29 bits per heavy atom. The molecule has 0 radical (unpaired) electrons. The van der Waals surface area contributed by atoms with E-state index in [0.717, 1.165) is 31.4 Å². The summed E-state index contributed by atoms with van der Waals surface area (Å²) in [6, 6.07) is 7.01. The maximum Gasteiger partial charge on any atom is 0.229 e. The van der Waals surface area contributed by atoms with Gasteiger partial charge in [-0.05, 0) is 56.2 Å². The first-order valence-corrected chi connectivity index (χ1v) is 7.70. The molecule has 0 saturated heterocycles. The predicted molar refractivity (Wildman–Crippen MR) is 87.4 cm³/mol. The first-order valence-electron chi connectivity index (χ1n) is 7.29. The molecule has 1 saturated carbocycles. The Balaban J connectivity index is 1.86. The number of hydrogen-bond acceptors (Lipinski definition) is 3. The topological polar surface area (TPSA) is 58.2 Å². The Morgan fingerprint density at radius 2 is 1.71 bits per heavy atom. The van der Waals surface area contributed by atoms with E-state index in [9.17, 15) is 9.59 Å². The standard InChI is InChI=1S/C16H20N2O2S/c1-11(19)12-7-9-14(10-8-12)17-16(21)18-15(20)13-5-3-2-4-6-13/h7-10,13H,2-6H2,1H3,(H2,17,18,20,21). The average molecular weight is 304 g/mol. The Bertz CT molecular complexity index is 534. The summed E-state index contributed by atoms with van der Waals surface area (Å²) in [7, 11) is 0. The van der Waals surface area contributed by atoms with Gasteiger partial charge in [0.2, 0.25) is 5.91 Å². The summed E-state index contributed by atoms with van der Waals surface area (Å²) in [5, 5.41) is 6.02. The van der Waals surface area contributed by atoms with E-state index >= 15 is 0 Å². The van der Waals surface area contributed by atoms with Crippen LogP contribution in [-0.2, 0) is 4.79 Å². The highest BCUT2D eigenvalue weighted by Gasteiger charge is 2.21. The van der Waals surface area contributed by atoms with Crippen LogP contribution < -0.4 is 10.6 Å². The Kier molecular flexibility index (Phi) is 5.44. The monoisotopic (exact) mass is 304 g/mol. The summed E-state index contributed by atoms with van der Waals surface area (Å²) in [6.07, 6.45) is 5.34. The molecule has 0 bridgehead atoms. The number of amides is 1. The fourth-order valence-electron chi connectivity index (χ4n) is 2.53. The third-order valence-electron chi connectivity index (χ3n) is 3.76. The van der Waals surface area contributed by atoms with Gasteiger partial charge in [-0.25, -0.2) is 0 Å². The van der Waals surface area contributed by atoms with Crippen LogP contribution in [0.1, 0.15) is 49.4 Å². The SMILES string of the molecule is CC(=O)c1ccc(NC(=S)NC(=O)C2CCCCC2)cc1. The van der Waals surface area contributed by atoms with E-state index in [4.69, 9.17) is 12.2 Å². The van der Waals surface area contributed by atoms with Crippen molar-refractivity contribution in [2.45, 2.75) is 39.0 Å². The molecule has 0 aliphatic heterocycles. The maximum absolute atomic E-state index is 12.1. The highest BCUT2D eigenvalue weighted by atomic mass is 32.1. The first-order chi connectivity index (χ1) is 10.1. The first kappa shape index (κ1) is 15.6. The third-order valence-corrected chi connectivity index (χ3v) is 3.97. The summed E-state index contributed by atoms with van der Waals surface area (Å²) in [4.78, 5) is 23.3. The van der Waals surface area contributed by atoms with E-state index in [-0.39, 0.29) is 17.6 Å². The third kappa shape index (κ3) is 4.63. The van der Waals surface area contributed by atoms with Crippen LogP contribution in [0.2, 0.25) is 0 Å². The van der Waals surface area contributed by atoms with Crippen molar-refractivity contribution in [2.75, 3.05) is 5.32 Å². The van der Waals surface area contributed by atoms with Gasteiger partial charge in [0.05, 0.1) is 0 Å². The van der Waals surface area contributed by atoms with E-state index in [2.05, 4.69) is 10.6 Å². The number of rotatable bonds is 3. The number of ketones is 1. The number of benzene rings is 1. The lowest BCUT2D eigenvalue weighted by Crippen LogP contribution is -2.38. The van der Waals surface area contributed by atoms with E-state index in [1.807, 2.05) is 0 Å². The molecule has 0 heterocycles. The summed E-state index contributed by atoms with van der Waals surface area (Å²) < 4.78 is 0. The molecular weight excluding hydrogens is 284 g/mol. The van der Waals surface area contributed by atoms with Crippen LogP contribution in [0.4, 0.5) is 5.69 Å². The molecule has 1 fully saturated rings. The molecule has 112 valence electrons. The van der Waals surface area contributed by atoms with Crippen molar-refractivity contribution in [3.63, 3.8) is 0 Å². The molecule has 0 atom stereocenters. The number of Topliss-reactive ketones (excluding diaryl/α,β-unsaturated/α-hetero) is 1. The average Bonchev–Trinajstić information content (AvgIpc) is 2.48. The van der Waals surface area contributed by atoms with Crippen LogP contribution in [0.5, 0.6) is 0 Å². The van der Waals surface area contributed by atoms with Gasteiger partial charge in [-0.1, -0.05) is 19.3 Å². The van der Waals surface area contributed by atoms with Crippen molar-refractivity contribution >= 4 is 34.7 Å². The molecule has 0 aromatic heterocycles. The van der Waals surface area contributed by atoms with Gasteiger partial charge in [0, 0.05) is 17.2 Å². The number of hydrogen-bond donors (Lipinski definition) is 2. The summed E-state index contributed by atoms with van der Waals surface area (Å²) >= 11 is 5.16. The summed E-state index contributed by atoms with van der Waals surface area (Å²) in [6.45, 7) is 1.53. The molecule has 2 N–H and O–H groups in total. The molecule has 1 amide bonds. The molecule has 21 heavy (non-hydrogen) atoms. The van der Waals surface area contributed by atoms with E-state index < -0.39 is 0 Å². The second kappa shape index (κ2) is 7.31. The van der Waals surface area contributed by atoms with Gasteiger partial charge in [0.1, 0.15) is 0 Å². The predicted octanol–water partition coefficient (Wildman–Crippen LogP) is 3.28. The molecule has 0 spiro atoms. The summed E-state index contributed by atoms with van der Waals surface area (Å²) in [5.74, 6) is 0.112. The molecule has 1 aromatic rings. The lowest BCUT2D eigenvalue weighted by Gasteiger charge is -2.21. The minimum absolute atomic E-state index is 0.00700. The van der Waals surface area contributed by atoms with Crippen LogP contribution >= 0.6 is 12.2 Å². The van der Waals surface area contributed by atoms with Crippen molar-refractivity contribution < 1.29 is 9.59 Å². The Hall–Kier alpha value is -1.75. The maximum atomic E-state index is 12.1. The fraction of sp³-hybridized carbons (Fsp3) is 0.438. The molecule has 0 unspecified atom stereocenters. The Labute approximate surface area is 130 Å². The lowest BCUT2D eigenvalue weighted by molar-refractivity contribution is -0.124. The Morgan fingerprint density at radius 1 is 1.10 bits per heavy atom. The largest absolute Gasteiger partial charge is 0.332 e. The van der Waals surface area contributed by atoms with E-state index in [1.54, 1.807) is 24.3 Å². The normalized spacial score (nSPS) is 15.3. The minimum Gasteiger partial charge on any atom is -0.332 e. The lowest BCUT2D eigenvalue weighted by atomic mass is 9.89. The van der Waals surface area contributed by atoms with Crippen molar-refractivity contribution in [3.05, 3.63) is 29.8 Å². The van der Waals surface area contributed by atoms with Crippen LogP contribution in [0.15, 0.2) is 24.3 Å². The molecule has 2 rings (SSSR count). The molecule has 4 nitrogen and oxygen atoms in total. The van der Waals surface area contributed by atoms with Gasteiger partial charge < -0.3 is 10.6 Å². The number of anilines is 1. The molecule has 1 aromatic carbocycles. The van der Waals surface area contributed by atoms with Gasteiger partial charge >= 0.3 is 0 Å². The molecule has 5 heteroatoms. The number of carbonyl (C=O) groups is 2. The van der Waals surface area contributed by atoms with Gasteiger partial charge in [-0.2, -0.15) is 0 Å². The van der Waals surface area contributed by atoms with Crippen LogP contribution in [0, 0.1) is 5.92 Å². The van der Waals surface area contributed by atoms with Crippen molar-refractivity contribution in [1.29, 1.82) is 0 Å². The van der Waals surface area contributed by atoms with E-state index in [0.29, 0.717) is 10.7 Å². The second-order valence-corrected chi connectivity index (χ2v) is 5.82. The molecular formula is C16H20N2O2S. The van der Waals surface area contributed by atoms with Gasteiger partial charge in [0.25, 0.3) is 0 Å². The van der Waals surface area contributed by atoms with Gasteiger partial charge in [-0.3, -0.25) is 9.59 Å². The molecule has 1 aliphatic rings. The zero-order valence-electron chi connectivity index (χ0n) is 12.1. The zero-order chi connectivity index (χ0) is 15.2. The van der Waals surface area contributed by atoms with Crippen LogP contribution in [0.25, 0.3) is 0 Å². The van der Waals surface area contributed by atoms with Crippen molar-refractivity contribution in [2.24, 2.45) is 5.92 Å². The van der Waals surface area contributed by atoms with Gasteiger partial charge in [-0.15, -0.1) is 0 Å². The summed E-state index contributed by atoms with van der Waals surface area (Å²) in [5.41, 5.74) is 1.41. The van der Waals surface area contributed by atoms with Crippen molar-refractivity contribution in [3.8, 4) is 0 Å². The molecule has 1 aliphatic carbocycles. The smallest absolute Gasteiger partial charge is 0.229 e. The zero-order valence-corrected chi connectivity index (χ0v) is 13.0. The number of nitrogens with one attached hydrogen (secondary N) is 2.